The van der Waals surface area contributed by atoms with E-state index in [1.165, 1.54) is 6.20 Å². The maximum atomic E-state index is 12.4. The highest BCUT2D eigenvalue weighted by Crippen LogP contribution is 2.42. The van der Waals surface area contributed by atoms with E-state index >= 15 is 0 Å². The third kappa shape index (κ3) is 3.97. The summed E-state index contributed by atoms with van der Waals surface area (Å²) < 4.78 is 7.00. The molecule has 9 heteroatoms. The number of anilines is 1. The standard InChI is InChI=1S/C22H18ClN3O5/c23-16-3-1-2-4-17(16)26-10-15(22(29)30)20-21(26)14(9-19(28)25-20)12-5-7-13(8-6-12)31-11-18(24)27/h1-8,10,14H,9,11H2,(H2,24,27)(H,25,28)(H,29,30)/t14-/m0/s1. The summed E-state index contributed by atoms with van der Waals surface area (Å²) in [5.74, 6) is -1.99. The fraction of sp³-hybridized carbons (Fsp3) is 0.136. The Morgan fingerprint density at radius 1 is 1.19 bits per heavy atom. The number of benzene rings is 2. The van der Waals surface area contributed by atoms with Gasteiger partial charge in [0, 0.05) is 18.5 Å². The molecule has 0 aliphatic carbocycles. The number of nitrogens with one attached hydrogen (secondary N) is 1. The minimum Gasteiger partial charge on any atom is -0.484 e. The molecule has 0 saturated heterocycles. The van der Waals surface area contributed by atoms with Gasteiger partial charge in [-0.15, -0.1) is 0 Å². The lowest BCUT2D eigenvalue weighted by molar-refractivity contribution is -0.120. The molecular formula is C22H18ClN3O5. The number of nitrogens with two attached hydrogens (primary N) is 1. The van der Waals surface area contributed by atoms with E-state index in [1.54, 1.807) is 53.1 Å². The van der Waals surface area contributed by atoms with Crippen molar-refractivity contribution in [2.45, 2.75) is 12.3 Å². The number of fused-ring (bicyclic) bond motifs is 1. The van der Waals surface area contributed by atoms with Gasteiger partial charge in [0.1, 0.15) is 11.3 Å². The second-order valence-corrected chi connectivity index (χ2v) is 7.47. The maximum absolute atomic E-state index is 12.4. The number of ether oxygens (including phenoxy) is 1. The lowest BCUT2D eigenvalue weighted by Crippen LogP contribution is -2.25. The van der Waals surface area contributed by atoms with Crippen molar-refractivity contribution in [1.29, 1.82) is 0 Å². The number of hydrogen-bond donors (Lipinski definition) is 3. The quantitative estimate of drug-likeness (QED) is 0.544. The first-order valence-electron chi connectivity index (χ1n) is 9.39. The lowest BCUT2D eigenvalue weighted by Gasteiger charge is -2.26. The summed E-state index contributed by atoms with van der Waals surface area (Å²) in [5, 5.41) is 12.9. The number of carbonyl (C=O) groups is 3. The summed E-state index contributed by atoms with van der Waals surface area (Å²) in [4.78, 5) is 35.2. The van der Waals surface area contributed by atoms with E-state index in [2.05, 4.69) is 5.32 Å². The minimum absolute atomic E-state index is 0.0191. The van der Waals surface area contributed by atoms with E-state index in [1.807, 2.05) is 0 Å². The van der Waals surface area contributed by atoms with E-state index in [0.717, 1.165) is 5.56 Å². The molecule has 4 rings (SSSR count). The predicted molar refractivity (Wildman–Crippen MR) is 114 cm³/mol. The van der Waals surface area contributed by atoms with E-state index in [0.29, 0.717) is 22.2 Å². The van der Waals surface area contributed by atoms with Crippen molar-refractivity contribution < 1.29 is 24.2 Å². The fourth-order valence-electron chi connectivity index (χ4n) is 3.70. The van der Waals surface area contributed by atoms with Crippen LogP contribution in [0.4, 0.5) is 5.69 Å². The van der Waals surface area contributed by atoms with Crippen molar-refractivity contribution in [1.82, 2.24) is 4.57 Å². The minimum atomic E-state index is -1.15. The number of halogens is 1. The van der Waals surface area contributed by atoms with Crippen LogP contribution in [0.15, 0.2) is 54.7 Å². The van der Waals surface area contributed by atoms with Crippen LogP contribution in [0.3, 0.4) is 0 Å². The molecule has 1 aromatic heterocycles. The van der Waals surface area contributed by atoms with Crippen LogP contribution >= 0.6 is 11.6 Å². The number of carbonyl (C=O) groups excluding carboxylic acids is 2. The highest BCUT2D eigenvalue weighted by Gasteiger charge is 2.34. The Bertz CT molecular complexity index is 1190. The molecule has 8 nitrogen and oxygen atoms in total. The molecule has 158 valence electrons. The smallest absolute Gasteiger partial charge is 0.339 e. The molecule has 0 saturated carbocycles. The number of primary amides is 1. The predicted octanol–water partition coefficient (Wildman–Crippen LogP) is 3.17. The third-order valence-electron chi connectivity index (χ3n) is 5.03. The van der Waals surface area contributed by atoms with Gasteiger partial charge in [-0.2, -0.15) is 0 Å². The van der Waals surface area contributed by atoms with Gasteiger partial charge in [0.15, 0.2) is 6.61 Å². The normalized spacial score (nSPS) is 15.1. The van der Waals surface area contributed by atoms with E-state index in [-0.39, 0.29) is 30.2 Å². The number of aromatic nitrogens is 1. The number of para-hydroxylation sites is 1. The number of carboxylic acid groups (broad SMARTS) is 1. The molecule has 0 bridgehead atoms. The summed E-state index contributed by atoms with van der Waals surface area (Å²) >= 11 is 6.38. The van der Waals surface area contributed by atoms with E-state index in [4.69, 9.17) is 22.1 Å². The van der Waals surface area contributed by atoms with Crippen LogP contribution in [0.25, 0.3) is 5.69 Å². The summed E-state index contributed by atoms with van der Waals surface area (Å²) in [5.41, 5.74) is 7.34. The van der Waals surface area contributed by atoms with Crippen molar-refractivity contribution in [2.75, 3.05) is 11.9 Å². The lowest BCUT2D eigenvalue weighted by atomic mass is 9.88. The van der Waals surface area contributed by atoms with Crippen molar-refractivity contribution in [3.8, 4) is 11.4 Å². The van der Waals surface area contributed by atoms with Crippen molar-refractivity contribution >= 4 is 35.1 Å². The zero-order chi connectivity index (χ0) is 22.1. The van der Waals surface area contributed by atoms with Gasteiger partial charge in [-0.3, -0.25) is 9.59 Å². The average Bonchev–Trinajstić information content (AvgIpc) is 3.12. The van der Waals surface area contributed by atoms with Gasteiger partial charge < -0.3 is 25.5 Å². The Labute approximate surface area is 182 Å². The molecule has 4 N–H and O–H groups in total. The molecule has 0 fully saturated rings. The molecule has 3 aromatic rings. The SMILES string of the molecule is NC(=O)COc1ccc([C@@H]2CC(=O)Nc3c(C(=O)O)cn(-c4ccccc4Cl)c32)cc1. The van der Waals surface area contributed by atoms with E-state index < -0.39 is 17.8 Å². The third-order valence-corrected chi connectivity index (χ3v) is 5.35. The molecule has 0 unspecified atom stereocenters. The van der Waals surface area contributed by atoms with Crippen molar-refractivity contribution in [3.05, 3.63) is 76.6 Å². The topological polar surface area (TPSA) is 124 Å². The van der Waals surface area contributed by atoms with Crippen LogP contribution in [0.2, 0.25) is 5.02 Å². The zero-order valence-corrected chi connectivity index (χ0v) is 16.9. The summed E-state index contributed by atoms with van der Waals surface area (Å²) in [6.07, 6.45) is 1.60. The second kappa shape index (κ2) is 8.16. The highest BCUT2D eigenvalue weighted by molar-refractivity contribution is 6.32. The maximum Gasteiger partial charge on any atom is 0.339 e. The molecule has 1 atom stereocenters. The molecule has 2 amide bonds. The van der Waals surface area contributed by atoms with Gasteiger partial charge in [-0.25, -0.2) is 4.79 Å². The first-order chi connectivity index (χ1) is 14.8. The van der Waals surface area contributed by atoms with Gasteiger partial charge in [0.2, 0.25) is 5.91 Å². The Kier molecular flexibility index (Phi) is 5.39. The zero-order valence-electron chi connectivity index (χ0n) is 16.2. The molecule has 1 aliphatic rings. The van der Waals surface area contributed by atoms with Crippen LogP contribution < -0.4 is 15.8 Å². The van der Waals surface area contributed by atoms with Crippen LogP contribution in [0, 0.1) is 0 Å². The Morgan fingerprint density at radius 3 is 2.55 bits per heavy atom. The Hall–Kier alpha value is -3.78. The molecule has 2 aromatic carbocycles. The largest absolute Gasteiger partial charge is 0.484 e. The van der Waals surface area contributed by atoms with E-state index in [9.17, 15) is 19.5 Å². The molecule has 2 heterocycles. The van der Waals surface area contributed by atoms with Crippen LogP contribution in [-0.2, 0) is 9.59 Å². The number of rotatable bonds is 6. The average molecular weight is 440 g/mol. The first kappa shape index (κ1) is 20.5. The summed E-state index contributed by atoms with van der Waals surface area (Å²) in [6.45, 7) is -0.243. The van der Waals surface area contributed by atoms with Gasteiger partial charge in [-0.1, -0.05) is 35.9 Å². The van der Waals surface area contributed by atoms with Gasteiger partial charge >= 0.3 is 5.97 Å². The highest BCUT2D eigenvalue weighted by atomic mass is 35.5. The Balaban J connectivity index is 1.83. The summed E-state index contributed by atoms with van der Waals surface area (Å²) in [6, 6.07) is 14.0. The number of aromatic carboxylic acids is 1. The summed E-state index contributed by atoms with van der Waals surface area (Å²) in [7, 11) is 0. The van der Waals surface area contributed by atoms with Crippen molar-refractivity contribution in [3.63, 3.8) is 0 Å². The van der Waals surface area contributed by atoms with Gasteiger partial charge in [0.25, 0.3) is 5.91 Å². The molecule has 31 heavy (non-hydrogen) atoms. The molecular weight excluding hydrogens is 422 g/mol. The molecule has 0 radical (unpaired) electrons. The first-order valence-corrected chi connectivity index (χ1v) is 9.77. The molecule has 0 spiro atoms. The van der Waals surface area contributed by atoms with Crippen LogP contribution in [0.1, 0.15) is 34.0 Å². The number of hydrogen-bond acceptors (Lipinski definition) is 4. The van der Waals surface area contributed by atoms with Crippen molar-refractivity contribution in [2.24, 2.45) is 5.73 Å². The fourth-order valence-corrected chi connectivity index (χ4v) is 3.93. The van der Waals surface area contributed by atoms with Crippen LogP contribution in [0.5, 0.6) is 5.75 Å². The monoisotopic (exact) mass is 439 g/mol. The number of carboxylic acids is 1. The molecule has 1 aliphatic heterocycles. The Morgan fingerprint density at radius 2 is 1.90 bits per heavy atom. The van der Waals surface area contributed by atoms with Gasteiger partial charge in [0.05, 0.1) is 22.1 Å². The second-order valence-electron chi connectivity index (χ2n) is 7.06. The number of amides is 2. The van der Waals surface area contributed by atoms with Crippen LogP contribution in [-0.4, -0.2) is 34.1 Å². The van der Waals surface area contributed by atoms with Gasteiger partial charge in [-0.05, 0) is 29.8 Å². The number of nitrogens with zero attached hydrogens (tertiary/aromatic N) is 1.